The number of anilines is 1. The van der Waals surface area contributed by atoms with Gasteiger partial charge in [-0.15, -0.1) is 0 Å². The minimum Gasteiger partial charge on any atom is -0.379 e. The minimum absolute atomic E-state index is 0.221. The molecule has 156 valence electrons. The van der Waals surface area contributed by atoms with Crippen LogP contribution in [0, 0.1) is 0 Å². The highest BCUT2D eigenvalue weighted by Crippen LogP contribution is 2.32. The van der Waals surface area contributed by atoms with Gasteiger partial charge >= 0.3 is 0 Å². The van der Waals surface area contributed by atoms with Gasteiger partial charge in [-0.1, -0.05) is 52.3 Å². The quantitative estimate of drug-likeness (QED) is 0.466. The Morgan fingerprint density at radius 2 is 1.77 bits per heavy atom. The highest BCUT2D eigenvalue weighted by atomic mass is 79.9. The van der Waals surface area contributed by atoms with Crippen molar-refractivity contribution >= 4 is 32.9 Å². The molecule has 2 N–H and O–H groups in total. The van der Waals surface area contributed by atoms with E-state index in [0.29, 0.717) is 5.65 Å². The van der Waals surface area contributed by atoms with Gasteiger partial charge in [0, 0.05) is 41.3 Å². The molecule has 2 aromatic carbocycles. The van der Waals surface area contributed by atoms with Crippen LogP contribution in [-0.2, 0) is 11.3 Å². The second-order valence-corrected chi connectivity index (χ2v) is 8.53. The maximum atomic E-state index is 5.85. The molecule has 0 atom stereocenters. The van der Waals surface area contributed by atoms with Crippen LogP contribution in [0.1, 0.15) is 5.56 Å². The number of hydrogen-bond donors (Lipinski definition) is 1. The molecule has 0 bridgehead atoms. The van der Waals surface area contributed by atoms with Crippen LogP contribution in [0.3, 0.4) is 0 Å². The summed E-state index contributed by atoms with van der Waals surface area (Å²) >= 11 is 3.57. The average molecular weight is 476 g/mol. The van der Waals surface area contributed by atoms with Crippen molar-refractivity contribution in [2.45, 2.75) is 6.54 Å². The Morgan fingerprint density at radius 3 is 2.55 bits per heavy atom. The average Bonchev–Trinajstić information content (AvgIpc) is 2.79. The molecule has 0 unspecified atom stereocenters. The Hall–Kier alpha value is -2.87. The van der Waals surface area contributed by atoms with Crippen LogP contribution in [0.2, 0.25) is 0 Å². The van der Waals surface area contributed by atoms with Crippen LogP contribution in [0.25, 0.3) is 33.4 Å². The highest BCUT2D eigenvalue weighted by molar-refractivity contribution is 9.10. The number of ether oxygens (including phenoxy) is 1. The van der Waals surface area contributed by atoms with Crippen LogP contribution in [0.5, 0.6) is 0 Å². The molecule has 7 heteroatoms. The molecule has 0 radical (unpaired) electrons. The lowest BCUT2D eigenvalue weighted by Crippen LogP contribution is -2.35. The van der Waals surface area contributed by atoms with Crippen molar-refractivity contribution in [2.24, 2.45) is 0 Å². The molecule has 1 saturated heterocycles. The number of rotatable bonds is 4. The number of halogens is 1. The molecule has 31 heavy (non-hydrogen) atoms. The molecule has 1 aliphatic heterocycles. The van der Waals surface area contributed by atoms with E-state index in [9.17, 15) is 0 Å². The second-order valence-electron chi connectivity index (χ2n) is 7.62. The third-order valence-corrected chi connectivity index (χ3v) is 5.97. The Kier molecular flexibility index (Phi) is 5.63. The van der Waals surface area contributed by atoms with E-state index in [0.717, 1.165) is 65.1 Å². The lowest BCUT2D eigenvalue weighted by atomic mass is 10.00. The number of nitrogens with zero attached hydrogens (tertiary/aromatic N) is 4. The largest absolute Gasteiger partial charge is 0.379 e. The van der Waals surface area contributed by atoms with Gasteiger partial charge in [-0.2, -0.15) is 4.98 Å². The van der Waals surface area contributed by atoms with Crippen molar-refractivity contribution < 1.29 is 4.74 Å². The summed E-state index contributed by atoms with van der Waals surface area (Å²) < 4.78 is 6.45. The molecular formula is C24H22BrN5O. The topological polar surface area (TPSA) is 77.2 Å². The molecule has 0 amide bonds. The number of hydrogen-bond acceptors (Lipinski definition) is 6. The molecule has 0 saturated carbocycles. The van der Waals surface area contributed by atoms with E-state index in [1.165, 1.54) is 5.56 Å². The van der Waals surface area contributed by atoms with Crippen molar-refractivity contribution in [3.63, 3.8) is 0 Å². The molecule has 4 aromatic rings. The molecule has 5 rings (SSSR count). The maximum absolute atomic E-state index is 5.85. The summed E-state index contributed by atoms with van der Waals surface area (Å²) in [5.41, 5.74) is 11.7. The summed E-state index contributed by atoms with van der Waals surface area (Å²) in [4.78, 5) is 15.8. The van der Waals surface area contributed by atoms with Gasteiger partial charge in [0.25, 0.3) is 0 Å². The summed E-state index contributed by atoms with van der Waals surface area (Å²) in [5, 5.41) is 0.875. The van der Waals surface area contributed by atoms with Gasteiger partial charge < -0.3 is 10.5 Å². The van der Waals surface area contributed by atoms with Gasteiger partial charge in [0.15, 0.2) is 5.65 Å². The van der Waals surface area contributed by atoms with E-state index in [2.05, 4.69) is 73.3 Å². The number of aromatic nitrogens is 3. The van der Waals surface area contributed by atoms with Crippen LogP contribution in [0.15, 0.2) is 65.3 Å². The smallest absolute Gasteiger partial charge is 0.222 e. The Bertz CT molecular complexity index is 1220. The van der Waals surface area contributed by atoms with Gasteiger partial charge in [0.1, 0.15) is 0 Å². The van der Waals surface area contributed by atoms with Crippen LogP contribution in [-0.4, -0.2) is 46.2 Å². The van der Waals surface area contributed by atoms with Crippen molar-refractivity contribution in [3.8, 4) is 22.4 Å². The zero-order valence-corrected chi connectivity index (χ0v) is 18.5. The first-order valence-corrected chi connectivity index (χ1v) is 11.0. The Morgan fingerprint density at radius 1 is 0.968 bits per heavy atom. The number of fused-ring (bicyclic) bond motifs is 1. The standard InChI is InChI=1S/C24H22BrN5O/c25-19-3-1-2-18(12-19)20-13-22(28-23-21(20)14-27-24(26)29-23)17-6-4-16(5-7-17)15-30-8-10-31-11-9-30/h1-7,12-14H,8-11,15H2,(H2,26,27,28,29). The number of nitrogens with two attached hydrogens (primary N) is 1. The summed E-state index contributed by atoms with van der Waals surface area (Å²) in [6.45, 7) is 4.50. The van der Waals surface area contributed by atoms with Gasteiger partial charge in [-0.05, 0) is 34.9 Å². The van der Waals surface area contributed by atoms with Crippen molar-refractivity contribution in [1.29, 1.82) is 0 Å². The predicted octanol–water partition coefficient (Wildman–Crippen LogP) is 4.54. The monoisotopic (exact) mass is 475 g/mol. The van der Waals surface area contributed by atoms with Gasteiger partial charge in [-0.3, -0.25) is 4.90 Å². The number of nitrogen functional groups attached to an aromatic ring is 1. The maximum Gasteiger partial charge on any atom is 0.222 e. The molecule has 6 nitrogen and oxygen atoms in total. The van der Waals surface area contributed by atoms with E-state index < -0.39 is 0 Å². The number of benzene rings is 2. The molecule has 0 aliphatic carbocycles. The predicted molar refractivity (Wildman–Crippen MR) is 126 cm³/mol. The number of pyridine rings is 1. The summed E-state index contributed by atoms with van der Waals surface area (Å²) in [5.74, 6) is 0.221. The van der Waals surface area contributed by atoms with Crippen LogP contribution in [0.4, 0.5) is 5.95 Å². The molecule has 3 heterocycles. The van der Waals surface area contributed by atoms with E-state index in [1.807, 2.05) is 12.1 Å². The summed E-state index contributed by atoms with van der Waals surface area (Å²) in [6.07, 6.45) is 1.75. The molecule has 1 fully saturated rings. The lowest BCUT2D eigenvalue weighted by molar-refractivity contribution is 0.0342. The number of morpholine rings is 1. The first-order valence-electron chi connectivity index (χ1n) is 10.2. The zero-order valence-electron chi connectivity index (χ0n) is 17.0. The molecule has 2 aromatic heterocycles. The van der Waals surface area contributed by atoms with Crippen molar-refractivity contribution in [1.82, 2.24) is 19.9 Å². The van der Waals surface area contributed by atoms with Crippen LogP contribution < -0.4 is 5.73 Å². The summed E-state index contributed by atoms with van der Waals surface area (Å²) in [7, 11) is 0. The fourth-order valence-corrected chi connectivity index (χ4v) is 4.26. The molecule has 1 aliphatic rings. The van der Waals surface area contributed by atoms with Gasteiger partial charge in [0.2, 0.25) is 5.95 Å². The normalized spacial score (nSPS) is 14.7. The fourth-order valence-electron chi connectivity index (χ4n) is 3.86. The molecule has 0 spiro atoms. The van der Waals surface area contributed by atoms with E-state index >= 15 is 0 Å². The van der Waals surface area contributed by atoms with Gasteiger partial charge in [-0.25, -0.2) is 9.97 Å². The van der Waals surface area contributed by atoms with E-state index in [1.54, 1.807) is 6.20 Å². The first kappa shape index (κ1) is 20.1. The molecular weight excluding hydrogens is 454 g/mol. The Labute approximate surface area is 189 Å². The lowest BCUT2D eigenvalue weighted by Gasteiger charge is -2.26. The zero-order chi connectivity index (χ0) is 21.2. The van der Waals surface area contributed by atoms with Crippen LogP contribution >= 0.6 is 15.9 Å². The third kappa shape index (κ3) is 4.44. The second kappa shape index (κ2) is 8.70. The van der Waals surface area contributed by atoms with Crippen molar-refractivity contribution in [3.05, 3.63) is 70.8 Å². The van der Waals surface area contributed by atoms with E-state index in [-0.39, 0.29) is 5.95 Å². The van der Waals surface area contributed by atoms with E-state index in [4.69, 9.17) is 15.5 Å². The Balaban J connectivity index is 1.53. The van der Waals surface area contributed by atoms with Crippen molar-refractivity contribution in [2.75, 3.05) is 32.0 Å². The SMILES string of the molecule is Nc1ncc2c(-c3cccc(Br)c3)cc(-c3ccc(CN4CCOCC4)cc3)nc2n1. The van der Waals surface area contributed by atoms with Gasteiger partial charge in [0.05, 0.1) is 18.9 Å². The highest BCUT2D eigenvalue weighted by Gasteiger charge is 2.13. The first-order chi connectivity index (χ1) is 15.2. The minimum atomic E-state index is 0.221. The third-order valence-electron chi connectivity index (χ3n) is 5.48. The summed E-state index contributed by atoms with van der Waals surface area (Å²) in [6, 6.07) is 18.9. The fraction of sp³-hybridized carbons (Fsp3) is 0.208.